The highest BCUT2D eigenvalue weighted by Gasteiger charge is 2.13. The third-order valence-electron chi connectivity index (χ3n) is 7.68. The molecular weight excluding hydrogens is 472 g/mol. The number of esters is 1. The molecule has 1 unspecified atom stereocenters. The lowest BCUT2D eigenvalue weighted by Gasteiger charge is -2.15. The normalized spacial score (nSPS) is 12.2. The van der Waals surface area contributed by atoms with Crippen LogP contribution in [0.15, 0.2) is 0 Å². The van der Waals surface area contributed by atoms with Crippen LogP contribution in [0.3, 0.4) is 0 Å². The molecule has 1 N–H and O–H groups in total. The topological polar surface area (TPSA) is 55.8 Å². The highest BCUT2D eigenvalue weighted by molar-refractivity contribution is 5.69. The summed E-state index contributed by atoms with van der Waals surface area (Å²) in [7, 11) is 0. The van der Waals surface area contributed by atoms with Gasteiger partial charge < -0.3 is 14.6 Å². The quantitative estimate of drug-likeness (QED) is 0.0681. The Morgan fingerprint density at radius 2 is 0.868 bits per heavy atom. The molecule has 228 valence electrons. The average Bonchev–Trinajstić information content (AvgIpc) is 2.92. The Morgan fingerprint density at radius 3 is 1.24 bits per heavy atom. The van der Waals surface area contributed by atoms with Crippen molar-refractivity contribution in [2.45, 2.75) is 193 Å². The number of rotatable bonds is 32. The van der Waals surface area contributed by atoms with Crippen molar-refractivity contribution < 1.29 is 19.4 Å². The Kier molecular flexibility index (Phi) is 32.1. The minimum atomic E-state index is -0.521. The molecule has 0 aromatic heterocycles. The molecule has 1 atom stereocenters. The second-order valence-corrected chi connectivity index (χ2v) is 11.6. The van der Waals surface area contributed by atoms with E-state index < -0.39 is 6.10 Å². The molecule has 0 aromatic rings. The summed E-state index contributed by atoms with van der Waals surface area (Å²) < 4.78 is 11.0. The molecule has 0 aliphatic rings. The third kappa shape index (κ3) is 29.9. The minimum Gasteiger partial charge on any atom is -0.457 e. The van der Waals surface area contributed by atoms with Gasteiger partial charge in [0.05, 0.1) is 13.2 Å². The van der Waals surface area contributed by atoms with Gasteiger partial charge in [0.1, 0.15) is 6.10 Å². The van der Waals surface area contributed by atoms with Gasteiger partial charge in [-0.05, 0) is 12.8 Å². The van der Waals surface area contributed by atoms with Gasteiger partial charge in [-0.25, -0.2) is 0 Å². The van der Waals surface area contributed by atoms with Crippen LogP contribution in [0.4, 0.5) is 0 Å². The first-order valence-electron chi connectivity index (χ1n) is 17.1. The summed E-state index contributed by atoms with van der Waals surface area (Å²) in [5.41, 5.74) is 0. The summed E-state index contributed by atoms with van der Waals surface area (Å²) in [5.74, 6) is -0.207. The maximum Gasteiger partial charge on any atom is 0.306 e. The zero-order valence-corrected chi connectivity index (χ0v) is 26.0. The third-order valence-corrected chi connectivity index (χ3v) is 7.68. The molecule has 0 heterocycles. The minimum absolute atomic E-state index is 0.165. The van der Waals surface area contributed by atoms with E-state index in [0.717, 1.165) is 19.3 Å². The molecule has 38 heavy (non-hydrogen) atoms. The maximum atomic E-state index is 11.9. The van der Waals surface area contributed by atoms with Crippen molar-refractivity contribution in [1.29, 1.82) is 0 Å². The van der Waals surface area contributed by atoms with Crippen LogP contribution in [-0.4, -0.2) is 37.0 Å². The van der Waals surface area contributed by atoms with E-state index in [1.807, 2.05) is 0 Å². The lowest BCUT2D eigenvalue weighted by Crippen LogP contribution is -2.27. The molecule has 0 aliphatic carbocycles. The zero-order valence-electron chi connectivity index (χ0n) is 26.0. The van der Waals surface area contributed by atoms with Crippen LogP contribution in [0.2, 0.25) is 0 Å². The molecule has 0 radical (unpaired) electrons. The highest BCUT2D eigenvalue weighted by Crippen LogP contribution is 2.15. The van der Waals surface area contributed by atoms with Gasteiger partial charge in [0.15, 0.2) is 0 Å². The summed E-state index contributed by atoms with van der Waals surface area (Å²) in [5, 5.41) is 9.46. The van der Waals surface area contributed by atoms with Crippen LogP contribution in [0.25, 0.3) is 0 Å². The number of ether oxygens (including phenoxy) is 2. The molecule has 0 saturated heterocycles. The van der Waals surface area contributed by atoms with Gasteiger partial charge in [-0.15, -0.1) is 0 Å². The van der Waals surface area contributed by atoms with Crippen LogP contribution in [-0.2, 0) is 14.3 Å². The molecule has 0 aromatic carbocycles. The molecule has 0 aliphatic heterocycles. The fourth-order valence-electron chi connectivity index (χ4n) is 5.09. The van der Waals surface area contributed by atoms with Crippen LogP contribution < -0.4 is 0 Å². The largest absolute Gasteiger partial charge is 0.457 e. The number of carbonyl (C=O) groups is 1. The monoisotopic (exact) mass is 541 g/mol. The molecule has 4 nitrogen and oxygen atoms in total. The molecule has 0 rings (SSSR count). The standard InChI is InChI=1S/C34H68O4/c1-3-5-7-9-11-12-13-14-15-16-17-18-19-20-21-22-23-24-26-28-30-37-32-33(31-35)38-34(36)29-27-25-10-8-6-4-2/h33,35H,3-32H2,1-2H3. The van der Waals surface area contributed by atoms with Gasteiger partial charge in [0, 0.05) is 13.0 Å². The van der Waals surface area contributed by atoms with Crippen molar-refractivity contribution in [2.75, 3.05) is 19.8 Å². The Bertz CT molecular complexity index is 454. The summed E-state index contributed by atoms with van der Waals surface area (Å²) in [6.45, 7) is 5.32. The van der Waals surface area contributed by atoms with Gasteiger partial charge in [-0.2, -0.15) is 0 Å². The van der Waals surface area contributed by atoms with Gasteiger partial charge in [0.25, 0.3) is 0 Å². The Labute approximate surface area is 238 Å². The molecule has 0 amide bonds. The van der Waals surface area contributed by atoms with Gasteiger partial charge in [0.2, 0.25) is 0 Å². The Balaban J connectivity index is 3.29. The van der Waals surface area contributed by atoms with E-state index in [4.69, 9.17) is 9.47 Å². The fraction of sp³-hybridized carbons (Fsp3) is 0.971. The summed E-state index contributed by atoms with van der Waals surface area (Å²) in [6.07, 6.45) is 34.5. The number of hydrogen-bond acceptors (Lipinski definition) is 4. The number of aliphatic hydroxyl groups is 1. The predicted molar refractivity (Wildman–Crippen MR) is 164 cm³/mol. The van der Waals surface area contributed by atoms with Crippen LogP contribution in [0.1, 0.15) is 187 Å². The molecule has 0 bridgehead atoms. The van der Waals surface area contributed by atoms with Crippen LogP contribution >= 0.6 is 0 Å². The maximum absolute atomic E-state index is 11.9. The van der Waals surface area contributed by atoms with E-state index in [-0.39, 0.29) is 12.6 Å². The lowest BCUT2D eigenvalue weighted by molar-refractivity contribution is -0.154. The Hall–Kier alpha value is -0.610. The van der Waals surface area contributed by atoms with Crippen molar-refractivity contribution in [3.8, 4) is 0 Å². The van der Waals surface area contributed by atoms with Gasteiger partial charge >= 0.3 is 5.97 Å². The summed E-state index contributed by atoms with van der Waals surface area (Å²) in [4.78, 5) is 11.9. The van der Waals surface area contributed by atoms with E-state index >= 15 is 0 Å². The second kappa shape index (κ2) is 32.6. The van der Waals surface area contributed by atoms with Crippen molar-refractivity contribution in [3.63, 3.8) is 0 Å². The van der Waals surface area contributed by atoms with Crippen molar-refractivity contribution in [3.05, 3.63) is 0 Å². The summed E-state index contributed by atoms with van der Waals surface area (Å²) >= 11 is 0. The van der Waals surface area contributed by atoms with E-state index in [0.29, 0.717) is 19.6 Å². The average molecular weight is 541 g/mol. The SMILES string of the molecule is CCCCCCCCCCCCCCCCCCCCCCOCC(CO)OC(=O)CCCCCCCC. The highest BCUT2D eigenvalue weighted by atomic mass is 16.6. The Morgan fingerprint density at radius 1 is 0.526 bits per heavy atom. The molecule has 0 saturated carbocycles. The summed E-state index contributed by atoms with van der Waals surface area (Å²) in [6, 6.07) is 0. The van der Waals surface area contributed by atoms with Crippen molar-refractivity contribution in [1.82, 2.24) is 0 Å². The number of hydrogen-bond donors (Lipinski definition) is 1. The van der Waals surface area contributed by atoms with E-state index in [2.05, 4.69) is 13.8 Å². The van der Waals surface area contributed by atoms with E-state index in [9.17, 15) is 9.90 Å². The van der Waals surface area contributed by atoms with E-state index in [1.165, 1.54) is 148 Å². The van der Waals surface area contributed by atoms with Crippen molar-refractivity contribution >= 4 is 5.97 Å². The first-order valence-corrected chi connectivity index (χ1v) is 17.1. The zero-order chi connectivity index (χ0) is 27.8. The molecular formula is C34H68O4. The van der Waals surface area contributed by atoms with Crippen LogP contribution in [0.5, 0.6) is 0 Å². The van der Waals surface area contributed by atoms with Gasteiger partial charge in [-0.3, -0.25) is 4.79 Å². The fourth-order valence-corrected chi connectivity index (χ4v) is 5.09. The van der Waals surface area contributed by atoms with Crippen LogP contribution in [0, 0.1) is 0 Å². The first kappa shape index (κ1) is 37.4. The van der Waals surface area contributed by atoms with Gasteiger partial charge in [-0.1, -0.05) is 168 Å². The number of aliphatic hydroxyl groups excluding tert-OH is 1. The van der Waals surface area contributed by atoms with Crippen molar-refractivity contribution in [2.24, 2.45) is 0 Å². The van der Waals surface area contributed by atoms with E-state index in [1.54, 1.807) is 0 Å². The smallest absolute Gasteiger partial charge is 0.306 e. The molecule has 0 spiro atoms. The lowest BCUT2D eigenvalue weighted by atomic mass is 10.0. The molecule has 0 fully saturated rings. The second-order valence-electron chi connectivity index (χ2n) is 11.6. The predicted octanol–water partition coefficient (Wildman–Crippen LogP) is 10.5. The molecule has 4 heteroatoms. The number of unbranched alkanes of at least 4 members (excludes halogenated alkanes) is 24. The number of carbonyl (C=O) groups excluding carboxylic acids is 1. The first-order chi connectivity index (χ1) is 18.7.